The summed E-state index contributed by atoms with van der Waals surface area (Å²) in [4.78, 5) is 10.9. The molecule has 2 N–H and O–H groups in total. The van der Waals surface area contributed by atoms with Crippen LogP contribution in [0.5, 0.6) is 0 Å². The second-order valence-electron chi connectivity index (χ2n) is 3.21. The molecule has 4 nitrogen and oxygen atoms in total. The quantitative estimate of drug-likeness (QED) is 0.512. The van der Waals surface area contributed by atoms with Gasteiger partial charge in [-0.15, -0.1) is 0 Å². The van der Waals surface area contributed by atoms with E-state index in [1.165, 1.54) is 0 Å². The molecule has 2 rings (SSSR count). The van der Waals surface area contributed by atoms with Crippen LogP contribution in [0.3, 0.4) is 0 Å². The number of urea groups is 1. The number of hydrogen-bond acceptors (Lipinski definition) is 2. The lowest BCUT2D eigenvalue weighted by molar-refractivity contribution is 0.154. The summed E-state index contributed by atoms with van der Waals surface area (Å²) < 4.78 is 5.24. The van der Waals surface area contributed by atoms with Gasteiger partial charge in [-0.1, -0.05) is 0 Å². The Balaban J connectivity index is 2.05. The van der Waals surface area contributed by atoms with Gasteiger partial charge in [0.1, 0.15) is 0 Å². The van der Waals surface area contributed by atoms with Gasteiger partial charge >= 0.3 is 6.03 Å². The summed E-state index contributed by atoms with van der Waals surface area (Å²) in [5.74, 6) is 0. The summed E-state index contributed by atoms with van der Waals surface area (Å²) in [6.07, 6.45) is 1.94. The first-order valence-electron chi connectivity index (χ1n) is 3.95. The van der Waals surface area contributed by atoms with Gasteiger partial charge in [0.2, 0.25) is 0 Å². The highest BCUT2D eigenvalue weighted by Gasteiger charge is 2.38. The average Bonchev–Trinajstić information content (AvgIpc) is 2.37. The van der Waals surface area contributed by atoms with Crippen molar-refractivity contribution in [1.82, 2.24) is 10.6 Å². The van der Waals surface area contributed by atoms with Gasteiger partial charge in [-0.3, -0.25) is 0 Å². The molecule has 1 atom stereocenters. The minimum atomic E-state index is -0.0539. The Labute approximate surface area is 65.3 Å². The van der Waals surface area contributed by atoms with Crippen molar-refractivity contribution in [1.29, 1.82) is 0 Å². The number of rotatable bonds is 0. The highest BCUT2D eigenvalue weighted by atomic mass is 16.5. The van der Waals surface area contributed by atoms with Gasteiger partial charge in [0.15, 0.2) is 0 Å². The molecule has 4 heteroatoms. The minimum absolute atomic E-state index is 0.0394. The molecule has 0 bridgehead atoms. The van der Waals surface area contributed by atoms with E-state index in [1.54, 1.807) is 0 Å². The fraction of sp³-hybridized carbons (Fsp3) is 0.857. The van der Waals surface area contributed by atoms with Crippen LogP contribution in [-0.2, 0) is 4.74 Å². The normalized spacial score (nSPS) is 36.9. The third kappa shape index (κ3) is 1.18. The lowest BCUT2D eigenvalue weighted by Gasteiger charge is -2.33. The standard InChI is InChI=1S/C7H12N2O2/c10-6-8-3-1-7(9-6)2-4-11-5-7/h1-5H2,(H2,8,9,10). The first-order valence-corrected chi connectivity index (χ1v) is 3.95. The molecule has 11 heavy (non-hydrogen) atoms. The molecule has 2 heterocycles. The number of hydrogen-bond donors (Lipinski definition) is 2. The van der Waals surface area contributed by atoms with Gasteiger partial charge in [-0.05, 0) is 12.8 Å². The zero-order valence-corrected chi connectivity index (χ0v) is 6.35. The molecule has 2 aliphatic rings. The third-order valence-corrected chi connectivity index (χ3v) is 2.37. The topological polar surface area (TPSA) is 50.4 Å². The Kier molecular flexibility index (Phi) is 1.49. The molecular weight excluding hydrogens is 144 g/mol. The van der Waals surface area contributed by atoms with Crippen molar-refractivity contribution in [3.8, 4) is 0 Å². The highest BCUT2D eigenvalue weighted by molar-refractivity contribution is 5.75. The van der Waals surface area contributed by atoms with Crippen LogP contribution in [0.1, 0.15) is 12.8 Å². The predicted molar refractivity (Wildman–Crippen MR) is 39.3 cm³/mol. The van der Waals surface area contributed by atoms with E-state index in [2.05, 4.69) is 10.6 Å². The van der Waals surface area contributed by atoms with Crippen LogP contribution in [0.4, 0.5) is 4.79 Å². The molecule has 0 saturated carbocycles. The van der Waals surface area contributed by atoms with E-state index in [0.29, 0.717) is 6.61 Å². The van der Waals surface area contributed by atoms with Gasteiger partial charge < -0.3 is 15.4 Å². The monoisotopic (exact) mass is 156 g/mol. The largest absolute Gasteiger partial charge is 0.379 e. The van der Waals surface area contributed by atoms with E-state index < -0.39 is 0 Å². The summed E-state index contributed by atoms with van der Waals surface area (Å²) in [5, 5.41) is 5.64. The molecule has 62 valence electrons. The Morgan fingerprint density at radius 2 is 2.36 bits per heavy atom. The van der Waals surface area contributed by atoms with Crippen LogP contribution >= 0.6 is 0 Å². The Morgan fingerprint density at radius 1 is 1.45 bits per heavy atom. The van der Waals surface area contributed by atoms with E-state index in [1.807, 2.05) is 0 Å². The lowest BCUT2D eigenvalue weighted by Crippen LogP contribution is -2.58. The zero-order valence-electron chi connectivity index (χ0n) is 6.35. The van der Waals surface area contributed by atoms with E-state index in [-0.39, 0.29) is 11.6 Å². The highest BCUT2D eigenvalue weighted by Crippen LogP contribution is 2.23. The van der Waals surface area contributed by atoms with Crippen LogP contribution in [0, 0.1) is 0 Å². The molecule has 0 aromatic heterocycles. The fourth-order valence-corrected chi connectivity index (χ4v) is 1.67. The molecule has 0 radical (unpaired) electrons. The Morgan fingerprint density at radius 3 is 3.00 bits per heavy atom. The van der Waals surface area contributed by atoms with Crippen molar-refractivity contribution >= 4 is 6.03 Å². The molecular formula is C7H12N2O2. The summed E-state index contributed by atoms with van der Waals surface area (Å²) in [6, 6.07) is -0.0539. The summed E-state index contributed by atoms with van der Waals surface area (Å²) in [7, 11) is 0. The third-order valence-electron chi connectivity index (χ3n) is 2.37. The van der Waals surface area contributed by atoms with Gasteiger partial charge in [-0.25, -0.2) is 4.79 Å². The molecule has 2 saturated heterocycles. The summed E-state index contributed by atoms with van der Waals surface area (Å²) in [5.41, 5.74) is -0.0394. The van der Waals surface area contributed by atoms with Crippen molar-refractivity contribution in [2.75, 3.05) is 19.8 Å². The Hall–Kier alpha value is -0.770. The number of amides is 2. The molecule has 0 aromatic carbocycles. The van der Waals surface area contributed by atoms with E-state index >= 15 is 0 Å². The fourth-order valence-electron chi connectivity index (χ4n) is 1.67. The first-order chi connectivity index (χ1) is 5.31. The lowest BCUT2D eigenvalue weighted by atomic mass is 9.93. The molecule has 2 amide bonds. The maximum absolute atomic E-state index is 10.9. The van der Waals surface area contributed by atoms with Gasteiger partial charge in [-0.2, -0.15) is 0 Å². The second-order valence-corrected chi connectivity index (χ2v) is 3.21. The second kappa shape index (κ2) is 2.37. The van der Waals surface area contributed by atoms with E-state index in [9.17, 15) is 4.79 Å². The Bertz CT molecular complexity index is 175. The van der Waals surface area contributed by atoms with Crippen molar-refractivity contribution in [2.24, 2.45) is 0 Å². The average molecular weight is 156 g/mol. The molecule has 0 aromatic rings. The van der Waals surface area contributed by atoms with Gasteiger partial charge in [0.25, 0.3) is 0 Å². The maximum Gasteiger partial charge on any atom is 0.315 e. The van der Waals surface area contributed by atoms with Crippen LogP contribution in [0.15, 0.2) is 0 Å². The van der Waals surface area contributed by atoms with Crippen molar-refractivity contribution in [3.63, 3.8) is 0 Å². The molecule has 2 fully saturated rings. The SMILES string of the molecule is O=C1NCCC2(CCOC2)N1. The van der Waals surface area contributed by atoms with Gasteiger partial charge in [0, 0.05) is 13.2 Å². The van der Waals surface area contributed by atoms with Crippen molar-refractivity contribution in [3.05, 3.63) is 0 Å². The predicted octanol–water partition coefficient (Wildman–Crippen LogP) is -0.152. The molecule has 1 spiro atoms. The molecule has 2 aliphatic heterocycles. The first kappa shape index (κ1) is 6.91. The van der Waals surface area contributed by atoms with Crippen LogP contribution < -0.4 is 10.6 Å². The molecule has 1 unspecified atom stereocenters. The smallest absolute Gasteiger partial charge is 0.315 e. The minimum Gasteiger partial charge on any atom is -0.379 e. The number of nitrogens with one attached hydrogen (secondary N) is 2. The number of ether oxygens (including phenoxy) is 1. The van der Waals surface area contributed by atoms with Crippen molar-refractivity contribution < 1.29 is 9.53 Å². The van der Waals surface area contributed by atoms with Crippen molar-refractivity contribution in [2.45, 2.75) is 18.4 Å². The molecule has 0 aliphatic carbocycles. The van der Waals surface area contributed by atoms with E-state index in [4.69, 9.17) is 4.74 Å². The summed E-state index contributed by atoms with van der Waals surface area (Å²) in [6.45, 7) is 2.23. The summed E-state index contributed by atoms with van der Waals surface area (Å²) >= 11 is 0. The van der Waals surface area contributed by atoms with E-state index in [0.717, 1.165) is 26.0 Å². The maximum atomic E-state index is 10.9. The van der Waals surface area contributed by atoms with Crippen LogP contribution in [0.25, 0.3) is 0 Å². The van der Waals surface area contributed by atoms with Crippen LogP contribution in [0.2, 0.25) is 0 Å². The van der Waals surface area contributed by atoms with Crippen LogP contribution in [-0.4, -0.2) is 31.3 Å². The zero-order chi connectivity index (χ0) is 7.73. The van der Waals surface area contributed by atoms with Gasteiger partial charge in [0.05, 0.1) is 12.1 Å². The number of carbonyl (C=O) groups excluding carboxylic acids is 1. The number of carbonyl (C=O) groups is 1.